The number of rotatable bonds is 8. The average molecular weight is 277 g/mol. The minimum absolute atomic E-state index is 0.369. The molecule has 0 spiro atoms. The highest BCUT2D eigenvalue weighted by atomic mass is 15.2. The van der Waals surface area contributed by atoms with Crippen LogP contribution in [-0.2, 0) is 6.42 Å². The summed E-state index contributed by atoms with van der Waals surface area (Å²) in [7, 11) is 8.50. The normalized spacial score (nSPS) is 14.8. The number of hydrogen-bond donors (Lipinski definition) is 1. The van der Waals surface area contributed by atoms with Crippen molar-refractivity contribution < 1.29 is 0 Å². The molecule has 1 rings (SSSR count). The molecule has 1 aromatic carbocycles. The standard InChI is InChI=1S/C17H31N3/c1-7-15-8-10-16(11-9-15)17(18-3)14(2)20(6)13-12-19(4)5/h8-11,14,17-18H,7,12-13H2,1-6H3. The first-order chi connectivity index (χ1) is 9.49. The Hall–Kier alpha value is -0.900. The van der Waals surface area contributed by atoms with E-state index in [0.717, 1.165) is 19.5 Å². The van der Waals surface area contributed by atoms with Crippen LogP contribution in [0.2, 0.25) is 0 Å². The van der Waals surface area contributed by atoms with E-state index >= 15 is 0 Å². The fourth-order valence-corrected chi connectivity index (χ4v) is 2.46. The van der Waals surface area contributed by atoms with Gasteiger partial charge in [0, 0.05) is 25.2 Å². The Labute approximate surface area is 125 Å². The minimum atomic E-state index is 0.369. The van der Waals surface area contributed by atoms with E-state index in [1.54, 1.807) is 0 Å². The zero-order valence-corrected chi connectivity index (χ0v) is 14.0. The van der Waals surface area contributed by atoms with E-state index in [4.69, 9.17) is 0 Å². The van der Waals surface area contributed by atoms with Crippen molar-refractivity contribution in [1.82, 2.24) is 15.1 Å². The molecule has 3 heteroatoms. The predicted octanol–water partition coefficient (Wildman–Crippen LogP) is 2.39. The van der Waals surface area contributed by atoms with Crippen LogP contribution < -0.4 is 5.32 Å². The van der Waals surface area contributed by atoms with Crippen LogP contribution >= 0.6 is 0 Å². The summed E-state index contributed by atoms with van der Waals surface area (Å²) in [4.78, 5) is 4.66. The van der Waals surface area contributed by atoms with Gasteiger partial charge in [0.15, 0.2) is 0 Å². The van der Waals surface area contributed by atoms with Crippen molar-refractivity contribution in [2.45, 2.75) is 32.4 Å². The van der Waals surface area contributed by atoms with E-state index in [2.05, 4.69) is 81.4 Å². The Bertz CT molecular complexity index is 372. The van der Waals surface area contributed by atoms with Crippen molar-refractivity contribution in [2.24, 2.45) is 0 Å². The molecule has 0 aromatic heterocycles. The number of nitrogens with one attached hydrogen (secondary N) is 1. The maximum Gasteiger partial charge on any atom is 0.0472 e. The summed E-state index contributed by atoms with van der Waals surface area (Å²) in [6.45, 7) is 6.66. The van der Waals surface area contributed by atoms with E-state index in [1.165, 1.54) is 11.1 Å². The Morgan fingerprint density at radius 3 is 2.10 bits per heavy atom. The smallest absolute Gasteiger partial charge is 0.0472 e. The number of nitrogens with zero attached hydrogens (tertiary/aromatic N) is 2. The lowest BCUT2D eigenvalue weighted by Gasteiger charge is -2.33. The first kappa shape index (κ1) is 17.2. The van der Waals surface area contributed by atoms with Gasteiger partial charge in [0.05, 0.1) is 0 Å². The van der Waals surface area contributed by atoms with Gasteiger partial charge in [0.25, 0.3) is 0 Å². The number of aryl methyl sites for hydroxylation is 1. The van der Waals surface area contributed by atoms with Gasteiger partial charge in [-0.1, -0.05) is 31.2 Å². The van der Waals surface area contributed by atoms with Gasteiger partial charge in [0.2, 0.25) is 0 Å². The van der Waals surface area contributed by atoms with Crippen LogP contribution in [0.4, 0.5) is 0 Å². The Morgan fingerprint density at radius 2 is 1.65 bits per heavy atom. The maximum absolute atomic E-state index is 3.47. The molecule has 0 bridgehead atoms. The fourth-order valence-electron chi connectivity index (χ4n) is 2.46. The van der Waals surface area contributed by atoms with E-state index in [0.29, 0.717) is 12.1 Å². The van der Waals surface area contributed by atoms with Gasteiger partial charge in [-0.3, -0.25) is 0 Å². The maximum atomic E-state index is 3.47. The third-order valence-electron chi connectivity index (χ3n) is 4.14. The molecule has 1 aromatic rings. The monoisotopic (exact) mass is 277 g/mol. The Balaban J connectivity index is 2.72. The third-order valence-corrected chi connectivity index (χ3v) is 4.14. The predicted molar refractivity (Wildman–Crippen MR) is 88.3 cm³/mol. The SMILES string of the molecule is CCc1ccc(C(NC)C(C)N(C)CCN(C)C)cc1. The lowest BCUT2D eigenvalue weighted by molar-refractivity contribution is 0.193. The number of benzene rings is 1. The van der Waals surface area contributed by atoms with Crippen molar-refractivity contribution in [3.8, 4) is 0 Å². The minimum Gasteiger partial charge on any atom is -0.312 e. The van der Waals surface area contributed by atoms with Crippen LogP contribution in [-0.4, -0.2) is 57.1 Å². The van der Waals surface area contributed by atoms with Gasteiger partial charge < -0.3 is 15.1 Å². The average Bonchev–Trinajstić information content (AvgIpc) is 2.46. The molecule has 0 radical (unpaired) electrons. The quantitative estimate of drug-likeness (QED) is 0.787. The first-order valence-corrected chi connectivity index (χ1v) is 7.60. The molecule has 0 saturated heterocycles. The summed E-state index contributed by atoms with van der Waals surface area (Å²) in [6.07, 6.45) is 1.10. The van der Waals surface area contributed by atoms with Crippen molar-refractivity contribution in [1.29, 1.82) is 0 Å². The summed E-state index contributed by atoms with van der Waals surface area (Å²) in [5.74, 6) is 0. The largest absolute Gasteiger partial charge is 0.312 e. The van der Waals surface area contributed by atoms with Crippen molar-refractivity contribution in [3.05, 3.63) is 35.4 Å². The van der Waals surface area contributed by atoms with Crippen LogP contribution in [0.5, 0.6) is 0 Å². The molecular formula is C17H31N3. The summed E-state index contributed by atoms with van der Waals surface area (Å²) in [5, 5.41) is 3.47. The molecule has 20 heavy (non-hydrogen) atoms. The molecule has 2 atom stereocenters. The lowest BCUT2D eigenvalue weighted by atomic mass is 9.98. The summed E-state index contributed by atoms with van der Waals surface area (Å²) in [5.41, 5.74) is 2.77. The van der Waals surface area contributed by atoms with Crippen LogP contribution in [0.1, 0.15) is 31.0 Å². The molecule has 0 saturated carbocycles. The van der Waals surface area contributed by atoms with E-state index in [9.17, 15) is 0 Å². The summed E-state index contributed by atoms with van der Waals surface area (Å²) in [6, 6.07) is 9.84. The van der Waals surface area contributed by atoms with Gasteiger partial charge in [0.1, 0.15) is 0 Å². The first-order valence-electron chi connectivity index (χ1n) is 7.60. The fraction of sp³-hybridized carbons (Fsp3) is 0.647. The highest BCUT2D eigenvalue weighted by Crippen LogP contribution is 2.20. The molecule has 0 aliphatic carbocycles. The van der Waals surface area contributed by atoms with E-state index in [-0.39, 0.29) is 0 Å². The van der Waals surface area contributed by atoms with Crippen molar-refractivity contribution >= 4 is 0 Å². The van der Waals surface area contributed by atoms with Gasteiger partial charge in [-0.2, -0.15) is 0 Å². The zero-order valence-electron chi connectivity index (χ0n) is 14.0. The second-order valence-corrected chi connectivity index (χ2v) is 5.89. The second kappa shape index (κ2) is 8.40. The molecule has 0 heterocycles. The summed E-state index contributed by atoms with van der Waals surface area (Å²) < 4.78 is 0. The van der Waals surface area contributed by atoms with Crippen molar-refractivity contribution in [2.75, 3.05) is 41.3 Å². The molecule has 0 amide bonds. The summed E-state index contributed by atoms with van der Waals surface area (Å²) >= 11 is 0. The third kappa shape index (κ3) is 4.89. The van der Waals surface area contributed by atoms with Gasteiger partial charge in [-0.05, 0) is 52.7 Å². The highest BCUT2D eigenvalue weighted by molar-refractivity contribution is 5.26. The van der Waals surface area contributed by atoms with Crippen molar-refractivity contribution in [3.63, 3.8) is 0 Å². The zero-order chi connectivity index (χ0) is 15.1. The van der Waals surface area contributed by atoms with Crippen LogP contribution in [0.25, 0.3) is 0 Å². The molecule has 0 aliphatic heterocycles. The van der Waals surface area contributed by atoms with Crippen LogP contribution in [0.15, 0.2) is 24.3 Å². The number of hydrogen-bond acceptors (Lipinski definition) is 3. The Kier molecular flexibility index (Phi) is 7.20. The lowest BCUT2D eigenvalue weighted by Crippen LogP contribution is -2.42. The van der Waals surface area contributed by atoms with Crippen LogP contribution in [0, 0.1) is 0 Å². The topological polar surface area (TPSA) is 18.5 Å². The Morgan fingerprint density at radius 1 is 1.05 bits per heavy atom. The molecule has 2 unspecified atom stereocenters. The van der Waals surface area contributed by atoms with Gasteiger partial charge in [-0.25, -0.2) is 0 Å². The molecule has 1 N–H and O–H groups in total. The van der Waals surface area contributed by atoms with E-state index < -0.39 is 0 Å². The van der Waals surface area contributed by atoms with Gasteiger partial charge in [-0.15, -0.1) is 0 Å². The molecule has 114 valence electrons. The molecule has 0 fully saturated rings. The highest BCUT2D eigenvalue weighted by Gasteiger charge is 2.21. The molecule has 3 nitrogen and oxygen atoms in total. The van der Waals surface area contributed by atoms with E-state index in [1.807, 2.05) is 0 Å². The second-order valence-electron chi connectivity index (χ2n) is 5.89. The molecular weight excluding hydrogens is 246 g/mol. The van der Waals surface area contributed by atoms with Crippen LogP contribution in [0.3, 0.4) is 0 Å². The number of likely N-dealkylation sites (N-methyl/N-ethyl adjacent to an activating group) is 3. The van der Waals surface area contributed by atoms with Gasteiger partial charge >= 0.3 is 0 Å². The molecule has 0 aliphatic rings.